The Kier molecular flexibility index (Phi) is 1.24. The molecule has 0 aromatic carbocycles. The standard InChI is InChI=1S/C6H9NO3/c1-3-4(2)6(9)7(10)5(3)8/h8-10H,1-2H3. The molecule has 10 heavy (non-hydrogen) atoms. The van der Waals surface area contributed by atoms with Crippen molar-refractivity contribution in [3.63, 3.8) is 0 Å². The maximum Gasteiger partial charge on any atom is 0.232 e. The van der Waals surface area contributed by atoms with Gasteiger partial charge in [-0.15, -0.1) is 4.73 Å². The van der Waals surface area contributed by atoms with E-state index in [1.807, 2.05) is 0 Å². The third-order valence-corrected chi connectivity index (χ3v) is 1.63. The van der Waals surface area contributed by atoms with E-state index in [2.05, 4.69) is 0 Å². The van der Waals surface area contributed by atoms with Gasteiger partial charge < -0.3 is 15.4 Å². The summed E-state index contributed by atoms with van der Waals surface area (Å²) in [6.07, 6.45) is 0. The van der Waals surface area contributed by atoms with Gasteiger partial charge in [0, 0.05) is 11.1 Å². The lowest BCUT2D eigenvalue weighted by Gasteiger charge is -1.93. The fraction of sp³-hybridized carbons (Fsp3) is 0.333. The monoisotopic (exact) mass is 143 g/mol. The molecule has 0 aliphatic rings. The van der Waals surface area contributed by atoms with Crippen molar-refractivity contribution in [1.29, 1.82) is 0 Å². The van der Waals surface area contributed by atoms with Crippen molar-refractivity contribution >= 4 is 0 Å². The SMILES string of the molecule is Cc1c(C)c(O)n(O)c1O. The molecule has 0 fully saturated rings. The van der Waals surface area contributed by atoms with E-state index < -0.39 is 0 Å². The molecule has 1 heterocycles. The molecule has 4 heteroatoms. The van der Waals surface area contributed by atoms with Crippen LogP contribution in [0.2, 0.25) is 0 Å². The van der Waals surface area contributed by atoms with Crippen LogP contribution in [-0.4, -0.2) is 20.2 Å². The van der Waals surface area contributed by atoms with Gasteiger partial charge in [-0.2, -0.15) is 0 Å². The molecule has 0 atom stereocenters. The Bertz CT molecular complexity index is 184. The van der Waals surface area contributed by atoms with Gasteiger partial charge in [0.05, 0.1) is 0 Å². The molecule has 0 radical (unpaired) electrons. The third-order valence-electron chi connectivity index (χ3n) is 1.63. The van der Waals surface area contributed by atoms with Crippen LogP contribution in [0.5, 0.6) is 11.8 Å². The summed E-state index contributed by atoms with van der Waals surface area (Å²) in [6.45, 7) is 3.22. The summed E-state index contributed by atoms with van der Waals surface area (Å²) in [6, 6.07) is 0. The van der Waals surface area contributed by atoms with E-state index in [4.69, 9.17) is 15.4 Å². The highest BCUT2D eigenvalue weighted by Gasteiger charge is 2.14. The predicted molar refractivity (Wildman–Crippen MR) is 34.4 cm³/mol. The van der Waals surface area contributed by atoms with Gasteiger partial charge in [0.25, 0.3) is 0 Å². The van der Waals surface area contributed by atoms with E-state index in [-0.39, 0.29) is 11.8 Å². The molecule has 0 unspecified atom stereocenters. The summed E-state index contributed by atoms with van der Waals surface area (Å²) >= 11 is 0. The topological polar surface area (TPSA) is 65.6 Å². The van der Waals surface area contributed by atoms with Gasteiger partial charge in [-0.3, -0.25) is 0 Å². The van der Waals surface area contributed by atoms with Gasteiger partial charge in [-0.25, -0.2) is 0 Å². The van der Waals surface area contributed by atoms with Crippen LogP contribution in [0.25, 0.3) is 0 Å². The molecule has 1 aromatic rings. The number of hydrogen-bond acceptors (Lipinski definition) is 3. The highest BCUT2D eigenvalue weighted by Crippen LogP contribution is 2.29. The first-order valence-corrected chi connectivity index (χ1v) is 2.84. The van der Waals surface area contributed by atoms with Gasteiger partial charge in [0.15, 0.2) is 0 Å². The number of nitrogens with zero attached hydrogens (tertiary/aromatic N) is 1. The first-order valence-electron chi connectivity index (χ1n) is 2.84. The zero-order chi connectivity index (χ0) is 7.89. The van der Waals surface area contributed by atoms with Gasteiger partial charge in [-0.05, 0) is 13.8 Å². The maximum atomic E-state index is 8.96. The van der Waals surface area contributed by atoms with Crippen molar-refractivity contribution in [1.82, 2.24) is 4.73 Å². The second kappa shape index (κ2) is 1.83. The van der Waals surface area contributed by atoms with Gasteiger partial charge >= 0.3 is 0 Å². The highest BCUT2D eigenvalue weighted by atomic mass is 16.5. The Hall–Kier alpha value is -1.32. The molecule has 4 nitrogen and oxygen atoms in total. The summed E-state index contributed by atoms with van der Waals surface area (Å²) in [5.41, 5.74) is 0.972. The molecule has 0 aliphatic heterocycles. The Labute approximate surface area is 57.9 Å². The quantitative estimate of drug-likeness (QED) is 0.469. The van der Waals surface area contributed by atoms with Gasteiger partial charge in [0.2, 0.25) is 11.8 Å². The van der Waals surface area contributed by atoms with Crippen LogP contribution in [0, 0.1) is 13.8 Å². The van der Waals surface area contributed by atoms with E-state index in [0.717, 1.165) is 0 Å². The Balaban J connectivity index is 3.44. The maximum absolute atomic E-state index is 8.96. The van der Waals surface area contributed by atoms with Gasteiger partial charge in [0.1, 0.15) is 0 Å². The van der Waals surface area contributed by atoms with E-state index in [9.17, 15) is 0 Å². The number of aromatic nitrogens is 1. The molecule has 0 saturated heterocycles. The number of rotatable bonds is 0. The van der Waals surface area contributed by atoms with Crippen LogP contribution >= 0.6 is 0 Å². The first-order chi connectivity index (χ1) is 4.55. The summed E-state index contributed by atoms with van der Waals surface area (Å²) < 4.78 is 0.352. The average Bonchev–Trinajstić information content (AvgIpc) is 2.07. The molecule has 0 amide bonds. The molecule has 3 N–H and O–H groups in total. The van der Waals surface area contributed by atoms with Crippen molar-refractivity contribution in [2.45, 2.75) is 13.8 Å². The van der Waals surface area contributed by atoms with Gasteiger partial charge in [-0.1, -0.05) is 0 Å². The molecule has 0 bridgehead atoms. The Morgan fingerprint density at radius 2 is 1.30 bits per heavy atom. The largest absolute Gasteiger partial charge is 0.492 e. The molecule has 1 rings (SSSR count). The fourth-order valence-corrected chi connectivity index (χ4v) is 0.753. The molecule has 0 saturated carbocycles. The zero-order valence-electron chi connectivity index (χ0n) is 5.79. The van der Waals surface area contributed by atoms with E-state index in [1.54, 1.807) is 13.8 Å². The Morgan fingerprint density at radius 1 is 1.00 bits per heavy atom. The summed E-state index contributed by atoms with van der Waals surface area (Å²) in [4.78, 5) is 0. The molecule has 0 aliphatic carbocycles. The lowest BCUT2D eigenvalue weighted by atomic mass is 10.2. The van der Waals surface area contributed by atoms with Crippen molar-refractivity contribution in [3.8, 4) is 11.8 Å². The third kappa shape index (κ3) is 0.618. The van der Waals surface area contributed by atoms with Crippen molar-refractivity contribution < 1.29 is 15.4 Å². The second-order valence-electron chi connectivity index (χ2n) is 2.21. The molecule has 1 aromatic heterocycles. The summed E-state index contributed by atoms with van der Waals surface area (Å²) in [5, 5.41) is 26.7. The van der Waals surface area contributed by atoms with Crippen molar-refractivity contribution in [3.05, 3.63) is 11.1 Å². The first kappa shape index (κ1) is 6.80. The van der Waals surface area contributed by atoms with Crippen LogP contribution in [0.1, 0.15) is 11.1 Å². The highest BCUT2D eigenvalue weighted by molar-refractivity contribution is 5.41. The van der Waals surface area contributed by atoms with Crippen LogP contribution in [0.4, 0.5) is 0 Å². The van der Waals surface area contributed by atoms with Crippen molar-refractivity contribution in [2.24, 2.45) is 0 Å². The summed E-state index contributed by atoms with van der Waals surface area (Å²) in [5.74, 6) is -0.620. The normalized spacial score (nSPS) is 10.2. The second-order valence-corrected chi connectivity index (χ2v) is 2.21. The average molecular weight is 143 g/mol. The van der Waals surface area contributed by atoms with Crippen LogP contribution < -0.4 is 0 Å². The number of hydrogen-bond donors (Lipinski definition) is 3. The fourth-order valence-electron chi connectivity index (χ4n) is 0.753. The van der Waals surface area contributed by atoms with Crippen LogP contribution in [0.15, 0.2) is 0 Å². The Morgan fingerprint density at radius 3 is 1.40 bits per heavy atom. The molecular weight excluding hydrogens is 134 g/mol. The van der Waals surface area contributed by atoms with E-state index >= 15 is 0 Å². The molecule has 0 spiro atoms. The lowest BCUT2D eigenvalue weighted by molar-refractivity contribution is 0.130. The number of aromatic hydroxyl groups is 2. The lowest BCUT2D eigenvalue weighted by Crippen LogP contribution is -1.86. The van der Waals surface area contributed by atoms with Crippen LogP contribution in [0.3, 0.4) is 0 Å². The minimum Gasteiger partial charge on any atom is -0.492 e. The van der Waals surface area contributed by atoms with Crippen LogP contribution in [-0.2, 0) is 0 Å². The zero-order valence-corrected chi connectivity index (χ0v) is 5.79. The predicted octanol–water partition coefficient (Wildman–Crippen LogP) is 0.753. The molecular formula is C6H9NO3. The van der Waals surface area contributed by atoms with Crippen molar-refractivity contribution in [2.75, 3.05) is 0 Å². The van der Waals surface area contributed by atoms with E-state index in [1.165, 1.54) is 0 Å². The van der Waals surface area contributed by atoms with E-state index in [0.29, 0.717) is 15.9 Å². The minimum atomic E-state index is -0.310. The molecule has 56 valence electrons. The summed E-state index contributed by atoms with van der Waals surface area (Å²) in [7, 11) is 0. The smallest absolute Gasteiger partial charge is 0.232 e. The minimum absolute atomic E-state index is 0.310.